The van der Waals surface area contributed by atoms with Gasteiger partial charge in [-0.25, -0.2) is 9.78 Å². The zero-order valence-corrected chi connectivity index (χ0v) is 23.8. The maximum atomic E-state index is 12.4. The summed E-state index contributed by atoms with van der Waals surface area (Å²) < 4.78 is 8.20. The molecule has 0 spiro atoms. The minimum atomic E-state index is -0.871. The van der Waals surface area contributed by atoms with Crippen molar-refractivity contribution in [3.63, 3.8) is 0 Å². The molecule has 1 unspecified atom stereocenters. The topological polar surface area (TPSA) is 68.3 Å². The van der Waals surface area contributed by atoms with Crippen molar-refractivity contribution in [1.82, 2.24) is 9.55 Å². The van der Waals surface area contributed by atoms with Crippen LogP contribution in [-0.4, -0.2) is 20.6 Å². The third-order valence-electron chi connectivity index (χ3n) is 8.12. The fourth-order valence-electron chi connectivity index (χ4n) is 6.07. The van der Waals surface area contributed by atoms with Crippen molar-refractivity contribution in [3.05, 3.63) is 150 Å². The first kappa shape index (κ1) is 26.5. The molecule has 7 rings (SSSR count). The van der Waals surface area contributed by atoms with Crippen LogP contribution in [0.1, 0.15) is 28.8 Å². The Hall–Kier alpha value is -5.42. The molecule has 0 saturated carbocycles. The van der Waals surface area contributed by atoms with E-state index in [-0.39, 0.29) is 0 Å². The summed E-state index contributed by atoms with van der Waals surface area (Å²) in [4.78, 5) is 17.1. The molecule has 0 fully saturated rings. The Morgan fingerprint density at radius 2 is 1.40 bits per heavy atom. The van der Waals surface area contributed by atoms with Gasteiger partial charge in [0.05, 0.1) is 11.0 Å². The van der Waals surface area contributed by atoms with Gasteiger partial charge in [0.15, 0.2) is 0 Å². The number of furan rings is 1. The monoisotopic (exact) mass is 562 g/mol. The molecule has 0 aliphatic carbocycles. The van der Waals surface area contributed by atoms with Gasteiger partial charge >= 0.3 is 5.97 Å². The summed E-state index contributed by atoms with van der Waals surface area (Å²) in [7, 11) is 0. The van der Waals surface area contributed by atoms with E-state index in [1.54, 1.807) is 0 Å². The second kappa shape index (κ2) is 11.1. The van der Waals surface area contributed by atoms with Crippen LogP contribution in [0, 0.1) is 6.92 Å². The van der Waals surface area contributed by atoms with Crippen molar-refractivity contribution in [2.75, 3.05) is 0 Å². The lowest BCUT2D eigenvalue weighted by Crippen LogP contribution is -2.22. The van der Waals surface area contributed by atoms with Gasteiger partial charge in [0.2, 0.25) is 0 Å². The molecule has 5 heteroatoms. The van der Waals surface area contributed by atoms with Gasteiger partial charge in [0.25, 0.3) is 0 Å². The second-order valence-electron chi connectivity index (χ2n) is 10.9. The van der Waals surface area contributed by atoms with Gasteiger partial charge in [0, 0.05) is 23.8 Å². The van der Waals surface area contributed by atoms with Crippen LogP contribution in [0.2, 0.25) is 0 Å². The van der Waals surface area contributed by atoms with Crippen LogP contribution in [0.25, 0.3) is 44.3 Å². The average molecular weight is 563 g/mol. The number of para-hydroxylation sites is 1. The summed E-state index contributed by atoms with van der Waals surface area (Å²) in [5.74, 6) is 0.763. The van der Waals surface area contributed by atoms with E-state index in [1.165, 1.54) is 5.56 Å². The zero-order valence-electron chi connectivity index (χ0n) is 23.8. The molecular formula is C38H30N2O3. The SMILES string of the molecule is Cc1nc2cc(-c3ccc(-c4c(Cc5ccccc5)oc5ccccc45)cc3)ccc2n1C(Cc1ccccc1)C(=O)O. The van der Waals surface area contributed by atoms with Gasteiger partial charge in [-0.3, -0.25) is 0 Å². The van der Waals surface area contributed by atoms with Crippen LogP contribution in [0.15, 0.2) is 132 Å². The van der Waals surface area contributed by atoms with Crippen molar-refractivity contribution in [2.45, 2.75) is 25.8 Å². The Morgan fingerprint density at radius 3 is 2.12 bits per heavy atom. The highest BCUT2D eigenvalue weighted by molar-refractivity contribution is 5.96. The first-order chi connectivity index (χ1) is 21.0. The fraction of sp³-hybridized carbons (Fsp3) is 0.105. The lowest BCUT2D eigenvalue weighted by molar-refractivity contribution is -0.140. The molecule has 0 radical (unpaired) electrons. The second-order valence-corrected chi connectivity index (χ2v) is 10.9. The highest BCUT2D eigenvalue weighted by Crippen LogP contribution is 2.37. The molecule has 7 aromatic rings. The molecule has 1 N–H and O–H groups in total. The smallest absolute Gasteiger partial charge is 0.327 e. The fourth-order valence-corrected chi connectivity index (χ4v) is 6.07. The predicted molar refractivity (Wildman–Crippen MR) is 171 cm³/mol. The van der Waals surface area contributed by atoms with Crippen molar-refractivity contribution >= 4 is 28.0 Å². The molecule has 0 amide bonds. The normalized spacial score (nSPS) is 12.1. The molecule has 0 aliphatic rings. The number of fused-ring (bicyclic) bond motifs is 2. The van der Waals surface area contributed by atoms with Crippen LogP contribution in [-0.2, 0) is 17.6 Å². The lowest BCUT2D eigenvalue weighted by Gasteiger charge is -2.17. The van der Waals surface area contributed by atoms with Gasteiger partial charge in [-0.2, -0.15) is 0 Å². The summed E-state index contributed by atoms with van der Waals surface area (Å²) in [6.45, 7) is 1.87. The number of aryl methyl sites for hydroxylation is 1. The van der Waals surface area contributed by atoms with Crippen molar-refractivity contribution < 1.29 is 14.3 Å². The molecule has 5 nitrogen and oxygen atoms in total. The molecule has 0 bridgehead atoms. The van der Waals surface area contributed by atoms with Crippen LogP contribution in [0.4, 0.5) is 0 Å². The Kier molecular flexibility index (Phi) is 6.84. The average Bonchev–Trinajstić information content (AvgIpc) is 3.56. The summed E-state index contributed by atoms with van der Waals surface area (Å²) in [5.41, 5.74) is 8.98. The Morgan fingerprint density at radius 1 is 0.767 bits per heavy atom. The molecule has 0 aliphatic heterocycles. The van der Waals surface area contributed by atoms with Crippen molar-refractivity contribution in [3.8, 4) is 22.3 Å². The van der Waals surface area contributed by atoms with Crippen molar-refractivity contribution in [2.24, 2.45) is 0 Å². The molecule has 43 heavy (non-hydrogen) atoms. The first-order valence-electron chi connectivity index (χ1n) is 14.5. The number of nitrogens with zero attached hydrogens (tertiary/aromatic N) is 2. The van der Waals surface area contributed by atoms with Crippen LogP contribution in [0.5, 0.6) is 0 Å². The number of hydrogen-bond acceptors (Lipinski definition) is 3. The maximum absolute atomic E-state index is 12.4. The van der Waals surface area contributed by atoms with Crippen LogP contribution >= 0.6 is 0 Å². The lowest BCUT2D eigenvalue weighted by atomic mass is 9.96. The third-order valence-corrected chi connectivity index (χ3v) is 8.12. The summed E-state index contributed by atoms with van der Waals surface area (Å²) >= 11 is 0. The molecule has 2 heterocycles. The first-order valence-corrected chi connectivity index (χ1v) is 14.5. The number of imidazole rings is 1. The van der Waals surface area contributed by atoms with Gasteiger partial charge in [-0.1, -0.05) is 109 Å². The largest absolute Gasteiger partial charge is 0.480 e. The highest BCUT2D eigenvalue weighted by atomic mass is 16.4. The number of rotatable bonds is 8. The molecule has 2 aromatic heterocycles. The minimum absolute atomic E-state index is 0.390. The third kappa shape index (κ3) is 5.10. The Bertz CT molecular complexity index is 2060. The minimum Gasteiger partial charge on any atom is -0.480 e. The molecule has 0 saturated heterocycles. The van der Waals surface area contributed by atoms with Crippen LogP contribution < -0.4 is 0 Å². The van der Waals surface area contributed by atoms with E-state index in [0.29, 0.717) is 18.7 Å². The molecular weight excluding hydrogens is 532 g/mol. The van der Waals surface area contributed by atoms with Gasteiger partial charge < -0.3 is 14.1 Å². The Labute approximate surface area is 249 Å². The van der Waals surface area contributed by atoms with E-state index in [9.17, 15) is 9.90 Å². The van der Waals surface area contributed by atoms with Crippen molar-refractivity contribution in [1.29, 1.82) is 0 Å². The number of carboxylic acids is 1. The van der Waals surface area contributed by atoms with E-state index >= 15 is 0 Å². The van der Waals surface area contributed by atoms with Gasteiger partial charge in [0.1, 0.15) is 23.2 Å². The predicted octanol–water partition coefficient (Wildman–Crippen LogP) is 8.88. The van der Waals surface area contributed by atoms with E-state index in [4.69, 9.17) is 9.40 Å². The molecule has 1 atom stereocenters. The number of carboxylic acid groups (broad SMARTS) is 1. The van der Waals surface area contributed by atoms with E-state index in [2.05, 4.69) is 54.6 Å². The van der Waals surface area contributed by atoms with Gasteiger partial charge in [-0.15, -0.1) is 0 Å². The van der Waals surface area contributed by atoms with E-state index in [0.717, 1.165) is 55.6 Å². The number of benzene rings is 5. The van der Waals surface area contributed by atoms with Crippen LogP contribution in [0.3, 0.4) is 0 Å². The quantitative estimate of drug-likeness (QED) is 0.201. The summed E-state index contributed by atoms with van der Waals surface area (Å²) in [6.07, 6.45) is 1.10. The molecule has 5 aromatic carbocycles. The van der Waals surface area contributed by atoms with E-state index in [1.807, 2.05) is 84.3 Å². The maximum Gasteiger partial charge on any atom is 0.327 e. The number of aromatic nitrogens is 2. The standard InChI is InChI=1S/C38H30N2O3/c1-25-39-32-24-30(20-21-33(32)40(25)34(38(41)42)22-26-10-4-2-5-11-26)28-16-18-29(19-17-28)37-31-14-8-9-15-35(31)43-36(37)23-27-12-6-3-7-13-27/h2-21,24,34H,22-23H2,1H3,(H,41,42). The number of carbonyl (C=O) groups is 1. The summed E-state index contributed by atoms with van der Waals surface area (Å²) in [6, 6.07) is 42.2. The molecule has 210 valence electrons. The number of aliphatic carboxylic acids is 1. The highest BCUT2D eigenvalue weighted by Gasteiger charge is 2.24. The summed E-state index contributed by atoms with van der Waals surface area (Å²) in [5, 5.41) is 11.2. The Balaban J connectivity index is 1.22. The van der Waals surface area contributed by atoms with E-state index < -0.39 is 12.0 Å². The van der Waals surface area contributed by atoms with Gasteiger partial charge in [-0.05, 0) is 52.9 Å². The number of hydrogen-bond donors (Lipinski definition) is 1. The zero-order chi connectivity index (χ0) is 29.3.